The first kappa shape index (κ1) is 25.8. The number of amides is 1. The summed E-state index contributed by atoms with van der Waals surface area (Å²) in [5.74, 6) is 0.336. The van der Waals surface area contributed by atoms with Gasteiger partial charge in [0.15, 0.2) is 16.9 Å². The Hall–Kier alpha value is -4.15. The van der Waals surface area contributed by atoms with E-state index < -0.39 is 6.04 Å². The van der Waals surface area contributed by atoms with Gasteiger partial charge in [-0.05, 0) is 55.0 Å². The van der Waals surface area contributed by atoms with Crippen molar-refractivity contribution in [3.8, 4) is 16.9 Å². The number of nitrogens with zero attached hydrogens (tertiary/aromatic N) is 6. The Morgan fingerprint density at radius 3 is 2.90 bits per heavy atom. The van der Waals surface area contributed by atoms with Gasteiger partial charge in [-0.1, -0.05) is 24.2 Å². The number of fused-ring (bicyclic) bond motifs is 3. The number of methoxy groups -OCH3 is 1. The molecule has 1 N–H and O–H groups in total. The number of imidazole rings is 1. The Kier molecular flexibility index (Phi) is 6.32. The summed E-state index contributed by atoms with van der Waals surface area (Å²) in [6, 6.07) is 7.49. The number of nitrogens with one attached hydrogen (secondary N) is 1. The van der Waals surface area contributed by atoms with E-state index in [9.17, 15) is 4.79 Å². The van der Waals surface area contributed by atoms with Crippen LogP contribution >= 0.6 is 22.9 Å². The predicted molar refractivity (Wildman–Crippen MR) is 162 cm³/mol. The van der Waals surface area contributed by atoms with E-state index in [0.29, 0.717) is 32.5 Å². The SMILES string of the molecule is C=C1CCc2cc(-c3cc(Cl)c4cn(C(C(=O)Nc5nccs5)c5ncn6c5CCC6)nc4c3OC)ccc2N1C. The van der Waals surface area contributed by atoms with Crippen LogP contribution in [-0.4, -0.2) is 44.4 Å². The van der Waals surface area contributed by atoms with Crippen molar-refractivity contribution < 1.29 is 9.53 Å². The van der Waals surface area contributed by atoms with Crippen molar-refractivity contribution in [1.82, 2.24) is 24.3 Å². The van der Waals surface area contributed by atoms with Gasteiger partial charge in [0, 0.05) is 59.4 Å². The molecule has 0 aliphatic carbocycles. The number of halogens is 1. The van der Waals surface area contributed by atoms with E-state index in [0.717, 1.165) is 60.4 Å². The van der Waals surface area contributed by atoms with Crippen molar-refractivity contribution in [3.05, 3.63) is 82.6 Å². The number of allylic oxidation sites excluding steroid dienone is 1. The molecule has 3 aromatic heterocycles. The Morgan fingerprint density at radius 1 is 1.22 bits per heavy atom. The van der Waals surface area contributed by atoms with E-state index in [-0.39, 0.29) is 5.91 Å². The van der Waals surface area contributed by atoms with Crippen LogP contribution in [0.3, 0.4) is 0 Å². The molecule has 1 atom stereocenters. The molecule has 7 rings (SSSR count). The number of aromatic nitrogens is 5. The van der Waals surface area contributed by atoms with Gasteiger partial charge in [0.05, 0.1) is 24.2 Å². The number of hydrogen-bond acceptors (Lipinski definition) is 7. The zero-order valence-corrected chi connectivity index (χ0v) is 24.3. The molecule has 208 valence electrons. The van der Waals surface area contributed by atoms with Crippen LogP contribution in [0.25, 0.3) is 22.0 Å². The molecule has 41 heavy (non-hydrogen) atoms. The number of carbonyl (C=O) groups is 1. The minimum absolute atomic E-state index is 0.267. The molecule has 0 fully saturated rings. The van der Waals surface area contributed by atoms with E-state index in [4.69, 9.17) is 21.4 Å². The van der Waals surface area contributed by atoms with Gasteiger partial charge in [0.2, 0.25) is 0 Å². The first-order valence-corrected chi connectivity index (χ1v) is 14.7. The number of carbonyl (C=O) groups excluding carboxylic acids is 1. The molecular weight excluding hydrogens is 558 g/mol. The second kappa shape index (κ2) is 10.0. The highest BCUT2D eigenvalue weighted by molar-refractivity contribution is 7.13. The molecule has 0 spiro atoms. The highest BCUT2D eigenvalue weighted by Crippen LogP contribution is 2.43. The molecule has 0 saturated carbocycles. The monoisotopic (exact) mass is 585 g/mol. The van der Waals surface area contributed by atoms with Crippen molar-refractivity contribution in [2.45, 2.75) is 38.3 Å². The third-order valence-electron chi connectivity index (χ3n) is 8.06. The van der Waals surface area contributed by atoms with Gasteiger partial charge in [-0.2, -0.15) is 5.10 Å². The van der Waals surface area contributed by atoms with Crippen molar-refractivity contribution in [1.29, 1.82) is 0 Å². The second-order valence-corrected chi connectivity index (χ2v) is 11.7. The van der Waals surface area contributed by atoms with Crippen molar-refractivity contribution in [2.24, 2.45) is 0 Å². The Balaban J connectivity index is 1.35. The quantitative estimate of drug-likeness (QED) is 0.259. The third kappa shape index (κ3) is 4.29. The summed E-state index contributed by atoms with van der Waals surface area (Å²) in [6.07, 6.45) is 8.98. The smallest absolute Gasteiger partial charge is 0.257 e. The molecule has 2 aliphatic heterocycles. The van der Waals surface area contributed by atoms with E-state index in [1.807, 2.05) is 24.7 Å². The zero-order chi connectivity index (χ0) is 28.2. The molecule has 2 aromatic carbocycles. The number of rotatable bonds is 6. The lowest BCUT2D eigenvalue weighted by atomic mass is 9.94. The fourth-order valence-corrected chi connectivity index (χ4v) is 6.72. The molecule has 2 aliphatic rings. The molecule has 11 heteroatoms. The highest BCUT2D eigenvalue weighted by atomic mass is 35.5. The van der Waals surface area contributed by atoms with Crippen LogP contribution in [0.15, 0.2) is 60.6 Å². The summed E-state index contributed by atoms with van der Waals surface area (Å²) < 4.78 is 9.73. The Bertz CT molecular complexity index is 1820. The zero-order valence-electron chi connectivity index (χ0n) is 22.7. The summed E-state index contributed by atoms with van der Waals surface area (Å²) in [7, 11) is 3.68. The van der Waals surface area contributed by atoms with Crippen LogP contribution in [0.1, 0.15) is 35.8 Å². The van der Waals surface area contributed by atoms with Gasteiger partial charge in [-0.15, -0.1) is 11.3 Å². The number of benzene rings is 2. The minimum atomic E-state index is -0.808. The molecule has 0 bridgehead atoms. The predicted octanol–water partition coefficient (Wildman–Crippen LogP) is 6.09. The standard InChI is InChI=1S/C30H28ClN7O2S/c1-17-6-7-19-13-18(8-9-23(19)36(17)2)20-14-22(31)21-15-38(35-25(21)28(20)40-3)27(29(39)34-30-32-10-12-41-30)26-24-5-4-11-37(24)16-33-26/h8-10,12-16,27H,1,4-7,11H2,2-3H3,(H,32,34,39). The van der Waals surface area contributed by atoms with E-state index in [1.54, 1.807) is 24.3 Å². The molecule has 1 amide bonds. The van der Waals surface area contributed by atoms with Gasteiger partial charge in [0.1, 0.15) is 5.52 Å². The molecule has 0 radical (unpaired) electrons. The van der Waals surface area contributed by atoms with Gasteiger partial charge < -0.3 is 14.2 Å². The first-order chi connectivity index (χ1) is 19.9. The van der Waals surface area contributed by atoms with Gasteiger partial charge in [0.25, 0.3) is 5.91 Å². The van der Waals surface area contributed by atoms with Gasteiger partial charge >= 0.3 is 0 Å². The summed E-state index contributed by atoms with van der Waals surface area (Å²) in [5.41, 5.74) is 7.65. The first-order valence-electron chi connectivity index (χ1n) is 13.5. The molecule has 1 unspecified atom stereocenters. The lowest BCUT2D eigenvalue weighted by Crippen LogP contribution is -2.28. The van der Waals surface area contributed by atoms with Gasteiger partial charge in [-0.3, -0.25) is 14.8 Å². The van der Waals surface area contributed by atoms with Crippen LogP contribution in [0, 0.1) is 0 Å². The van der Waals surface area contributed by atoms with Crippen molar-refractivity contribution >= 4 is 50.6 Å². The van der Waals surface area contributed by atoms with Crippen molar-refractivity contribution in [3.63, 3.8) is 0 Å². The van der Waals surface area contributed by atoms with E-state index in [1.165, 1.54) is 16.9 Å². The van der Waals surface area contributed by atoms with E-state index in [2.05, 4.69) is 49.5 Å². The molecule has 5 heterocycles. The lowest BCUT2D eigenvalue weighted by molar-refractivity contribution is -0.118. The summed E-state index contributed by atoms with van der Waals surface area (Å²) in [4.78, 5) is 24.8. The average Bonchev–Trinajstić information content (AvgIpc) is 3.77. The Labute approximate surface area is 246 Å². The number of anilines is 2. The second-order valence-electron chi connectivity index (χ2n) is 10.4. The summed E-state index contributed by atoms with van der Waals surface area (Å²) >= 11 is 8.26. The maximum atomic E-state index is 13.8. The maximum Gasteiger partial charge on any atom is 0.257 e. The Morgan fingerprint density at radius 2 is 2.10 bits per heavy atom. The number of hydrogen-bond donors (Lipinski definition) is 1. The van der Waals surface area contributed by atoms with Crippen LogP contribution in [0.4, 0.5) is 10.8 Å². The number of thiazole rings is 1. The number of ether oxygens (including phenoxy) is 1. The van der Waals surface area contributed by atoms with Crippen LogP contribution in [0.5, 0.6) is 5.75 Å². The lowest BCUT2D eigenvalue weighted by Gasteiger charge is -2.30. The van der Waals surface area contributed by atoms with Crippen molar-refractivity contribution in [2.75, 3.05) is 24.4 Å². The third-order valence-corrected chi connectivity index (χ3v) is 9.06. The summed E-state index contributed by atoms with van der Waals surface area (Å²) in [6.45, 7) is 5.06. The minimum Gasteiger partial charge on any atom is -0.494 e. The molecule has 5 aromatic rings. The number of aryl methyl sites for hydroxylation is 2. The average molecular weight is 586 g/mol. The highest BCUT2D eigenvalue weighted by Gasteiger charge is 2.32. The fraction of sp³-hybridized carbons (Fsp3) is 0.267. The molecular formula is C30H28ClN7O2S. The van der Waals surface area contributed by atoms with Crippen LogP contribution < -0.4 is 15.0 Å². The van der Waals surface area contributed by atoms with Crippen LogP contribution in [-0.2, 0) is 24.2 Å². The topological polar surface area (TPSA) is 90.1 Å². The molecule has 9 nitrogen and oxygen atoms in total. The van der Waals surface area contributed by atoms with E-state index >= 15 is 0 Å². The van der Waals surface area contributed by atoms with Crippen LogP contribution in [0.2, 0.25) is 5.02 Å². The van der Waals surface area contributed by atoms with Gasteiger partial charge in [-0.25, -0.2) is 9.97 Å². The normalized spacial score (nSPS) is 15.2. The fourth-order valence-electron chi connectivity index (χ4n) is 5.94. The summed E-state index contributed by atoms with van der Waals surface area (Å²) in [5, 5.41) is 11.4. The molecule has 0 saturated heterocycles. The largest absolute Gasteiger partial charge is 0.494 e. The maximum absolute atomic E-state index is 13.8.